The number of nitrogens with one attached hydrogen (secondary N) is 3. The number of likely N-dealkylation sites (tertiary alicyclic amines) is 1. The quantitative estimate of drug-likeness (QED) is 0.114. The van der Waals surface area contributed by atoms with E-state index in [0.29, 0.717) is 59.2 Å². The molecule has 0 saturated carbocycles. The highest BCUT2D eigenvalue weighted by Gasteiger charge is 2.28. The van der Waals surface area contributed by atoms with Crippen LogP contribution in [-0.4, -0.2) is 76.9 Å². The Morgan fingerprint density at radius 3 is 2.65 bits per heavy atom. The molecule has 0 spiro atoms. The molecule has 2 aromatic carbocycles. The number of halogens is 2. The number of pyridine rings is 2. The van der Waals surface area contributed by atoms with E-state index in [2.05, 4.69) is 25.8 Å². The van der Waals surface area contributed by atoms with E-state index in [1.807, 2.05) is 55.5 Å². The van der Waals surface area contributed by atoms with Crippen molar-refractivity contribution in [1.82, 2.24) is 25.5 Å². The number of carbonyl (C=O) groups is 2. The van der Waals surface area contributed by atoms with E-state index in [0.717, 1.165) is 77.1 Å². The standard InChI is InChI=1S/C39H41Cl2N7O4/c1-22-15-32(47-39(52-2)30(22)19-42-18-25-9-10-33(49)44-25)29-7-3-5-27(35(29)40)28-6-4-8-31(36(28)41)46-38-37-24(11-13-43-38)17-26(45-37)21-48-14-12-23(20-48)16-34(50)51/h3-8,11,13,15,23,25,42H,9-10,12,14,16-21H2,1-2H3,(H,43,46)(H,44,49)(H,50,51)/t23?,25-/m0/s1. The maximum Gasteiger partial charge on any atom is 0.303 e. The first-order chi connectivity index (χ1) is 25.2. The molecular weight excluding hydrogens is 701 g/mol. The van der Waals surface area contributed by atoms with Gasteiger partial charge in [0.25, 0.3) is 0 Å². The number of anilines is 2. The summed E-state index contributed by atoms with van der Waals surface area (Å²) in [4.78, 5) is 39.5. The lowest BCUT2D eigenvalue weighted by molar-refractivity contribution is -0.138. The Balaban J connectivity index is 1.09. The highest BCUT2D eigenvalue weighted by atomic mass is 35.5. The Kier molecular flexibility index (Phi) is 10.7. The fourth-order valence-electron chi connectivity index (χ4n) is 7.39. The summed E-state index contributed by atoms with van der Waals surface area (Å²) in [5, 5.41) is 20.0. The molecule has 270 valence electrons. The van der Waals surface area contributed by atoms with Crippen molar-refractivity contribution in [2.24, 2.45) is 10.9 Å². The van der Waals surface area contributed by atoms with Crippen molar-refractivity contribution >= 4 is 58.0 Å². The maximum absolute atomic E-state index is 11.6. The third kappa shape index (κ3) is 7.78. The lowest BCUT2D eigenvalue weighted by Gasteiger charge is -2.17. The van der Waals surface area contributed by atoms with Crippen molar-refractivity contribution in [3.63, 3.8) is 0 Å². The lowest BCUT2D eigenvalue weighted by Crippen LogP contribution is -2.35. The predicted octanol–water partition coefficient (Wildman–Crippen LogP) is 6.97. The van der Waals surface area contributed by atoms with E-state index >= 15 is 0 Å². The normalized spacial score (nSPS) is 18.3. The molecule has 2 aromatic heterocycles. The second-order valence-corrected chi connectivity index (χ2v) is 14.5. The topological polar surface area (TPSA) is 141 Å². The van der Waals surface area contributed by atoms with Gasteiger partial charge >= 0.3 is 5.97 Å². The summed E-state index contributed by atoms with van der Waals surface area (Å²) in [5.74, 6) is 0.666. The maximum atomic E-state index is 11.6. The van der Waals surface area contributed by atoms with E-state index in [1.165, 1.54) is 0 Å². The number of aryl methyl sites for hydroxylation is 1. The SMILES string of the molecule is COc1nc(-c2cccc(-c3cccc(Nc4nccc5c4N=C(CN4CCC(CC(=O)O)C4)C5)c3Cl)c2Cl)cc(C)c1CNC[C@@H]1CCC(=O)N1. The molecule has 11 nitrogen and oxygen atoms in total. The van der Waals surface area contributed by atoms with Gasteiger partial charge in [0.1, 0.15) is 5.69 Å². The van der Waals surface area contributed by atoms with Gasteiger partial charge in [0, 0.05) is 85.6 Å². The minimum absolute atomic E-state index is 0.0972. The average Bonchev–Trinajstić information content (AvgIpc) is 3.86. The van der Waals surface area contributed by atoms with Crippen molar-refractivity contribution in [2.75, 3.05) is 38.6 Å². The highest BCUT2D eigenvalue weighted by Crippen LogP contribution is 2.43. The molecule has 0 bridgehead atoms. The minimum atomic E-state index is -0.742. The number of carboxylic acids is 1. The van der Waals surface area contributed by atoms with Crippen molar-refractivity contribution in [3.8, 4) is 28.3 Å². The van der Waals surface area contributed by atoms with Crippen LogP contribution in [0.5, 0.6) is 5.88 Å². The number of methoxy groups -OCH3 is 1. The molecular formula is C39H41Cl2N7O4. The molecule has 0 aliphatic carbocycles. The lowest BCUT2D eigenvalue weighted by atomic mass is 9.99. The number of aliphatic imine (C=N–C) groups is 1. The molecule has 52 heavy (non-hydrogen) atoms. The van der Waals surface area contributed by atoms with Crippen LogP contribution in [0.1, 0.15) is 42.4 Å². The number of fused-ring (bicyclic) bond motifs is 1. The number of benzene rings is 2. The molecule has 3 aliphatic rings. The Hall–Kier alpha value is -4.55. The molecule has 1 amide bonds. The van der Waals surface area contributed by atoms with Gasteiger partial charge in [-0.3, -0.25) is 19.5 Å². The first-order valence-corrected chi connectivity index (χ1v) is 18.3. The minimum Gasteiger partial charge on any atom is -0.481 e. The summed E-state index contributed by atoms with van der Waals surface area (Å²) in [6.45, 7) is 5.60. The van der Waals surface area contributed by atoms with Crippen LogP contribution in [-0.2, 0) is 22.6 Å². The summed E-state index contributed by atoms with van der Waals surface area (Å²) >= 11 is 14.2. The van der Waals surface area contributed by atoms with Crippen LogP contribution in [0.25, 0.3) is 22.4 Å². The Labute approximate surface area is 312 Å². The highest BCUT2D eigenvalue weighted by molar-refractivity contribution is 6.39. The van der Waals surface area contributed by atoms with Gasteiger partial charge in [0.2, 0.25) is 11.8 Å². The zero-order chi connectivity index (χ0) is 36.4. The Bertz CT molecular complexity index is 2060. The van der Waals surface area contributed by atoms with Gasteiger partial charge in [-0.05, 0) is 61.6 Å². The van der Waals surface area contributed by atoms with Crippen LogP contribution < -0.4 is 20.7 Å². The number of nitrogens with zero attached hydrogens (tertiary/aromatic N) is 4. The van der Waals surface area contributed by atoms with Gasteiger partial charge in [-0.25, -0.2) is 9.97 Å². The number of amides is 1. The first kappa shape index (κ1) is 35.8. The molecule has 7 rings (SSSR count). The molecule has 5 heterocycles. The number of hydrogen-bond acceptors (Lipinski definition) is 9. The molecule has 2 atom stereocenters. The fourth-order valence-corrected chi connectivity index (χ4v) is 7.98. The fraction of sp³-hybridized carbons (Fsp3) is 0.359. The molecule has 4 N–H and O–H groups in total. The molecule has 2 fully saturated rings. The third-order valence-corrected chi connectivity index (χ3v) is 10.8. The number of carboxylic acid groups (broad SMARTS) is 1. The van der Waals surface area contributed by atoms with Gasteiger partial charge in [0.15, 0.2) is 5.82 Å². The van der Waals surface area contributed by atoms with E-state index in [-0.39, 0.29) is 24.3 Å². The zero-order valence-electron chi connectivity index (χ0n) is 29.1. The Morgan fingerprint density at radius 1 is 1.10 bits per heavy atom. The van der Waals surface area contributed by atoms with Crippen LogP contribution in [0.2, 0.25) is 10.0 Å². The molecule has 2 saturated heterocycles. The third-order valence-electron chi connectivity index (χ3n) is 10.0. The summed E-state index contributed by atoms with van der Waals surface area (Å²) < 4.78 is 5.73. The Morgan fingerprint density at radius 2 is 1.88 bits per heavy atom. The van der Waals surface area contributed by atoms with E-state index in [4.69, 9.17) is 37.9 Å². The van der Waals surface area contributed by atoms with Crippen molar-refractivity contribution in [3.05, 3.63) is 81.5 Å². The summed E-state index contributed by atoms with van der Waals surface area (Å²) in [5.41, 5.74) is 8.48. The number of aliphatic carboxylic acids is 1. The molecule has 0 radical (unpaired) electrons. The molecule has 4 aromatic rings. The average molecular weight is 743 g/mol. The number of rotatable bonds is 13. The number of ether oxygens (including phenoxy) is 1. The monoisotopic (exact) mass is 741 g/mol. The number of carbonyl (C=O) groups excluding carboxylic acids is 1. The largest absolute Gasteiger partial charge is 0.481 e. The van der Waals surface area contributed by atoms with Gasteiger partial charge < -0.3 is 25.8 Å². The molecule has 1 unspecified atom stereocenters. The molecule has 3 aliphatic heterocycles. The van der Waals surface area contributed by atoms with Gasteiger partial charge in [-0.1, -0.05) is 53.5 Å². The number of aromatic nitrogens is 2. The van der Waals surface area contributed by atoms with Crippen LogP contribution >= 0.6 is 23.2 Å². The van der Waals surface area contributed by atoms with Gasteiger partial charge in [-0.2, -0.15) is 0 Å². The second-order valence-electron chi connectivity index (χ2n) is 13.7. The summed E-state index contributed by atoms with van der Waals surface area (Å²) in [6.07, 6.45) is 4.99. The van der Waals surface area contributed by atoms with Crippen molar-refractivity contribution < 1.29 is 19.4 Å². The second kappa shape index (κ2) is 15.6. The van der Waals surface area contributed by atoms with Crippen LogP contribution in [0.3, 0.4) is 0 Å². The van der Waals surface area contributed by atoms with Gasteiger partial charge in [0.05, 0.1) is 28.5 Å². The molecule has 13 heteroatoms. The van der Waals surface area contributed by atoms with E-state index in [9.17, 15) is 14.7 Å². The van der Waals surface area contributed by atoms with Crippen molar-refractivity contribution in [2.45, 2.75) is 51.6 Å². The van der Waals surface area contributed by atoms with Gasteiger partial charge in [-0.15, -0.1) is 0 Å². The zero-order valence-corrected chi connectivity index (χ0v) is 30.7. The predicted molar refractivity (Wildman–Crippen MR) is 204 cm³/mol. The van der Waals surface area contributed by atoms with Crippen LogP contribution in [0.15, 0.2) is 59.7 Å². The first-order valence-electron chi connectivity index (χ1n) is 17.5. The van der Waals surface area contributed by atoms with Crippen molar-refractivity contribution in [1.29, 1.82) is 0 Å². The van der Waals surface area contributed by atoms with E-state index in [1.54, 1.807) is 13.3 Å². The number of hydrogen-bond donors (Lipinski definition) is 4. The summed E-state index contributed by atoms with van der Waals surface area (Å²) in [6, 6.07) is 15.7. The van der Waals surface area contributed by atoms with E-state index < -0.39 is 5.97 Å². The van der Waals surface area contributed by atoms with Crippen LogP contribution in [0.4, 0.5) is 17.2 Å². The smallest absolute Gasteiger partial charge is 0.303 e. The van der Waals surface area contributed by atoms with Crippen LogP contribution in [0, 0.1) is 12.8 Å². The summed E-state index contributed by atoms with van der Waals surface area (Å²) in [7, 11) is 1.61.